The highest BCUT2D eigenvalue weighted by molar-refractivity contribution is 6.09. The standard InChI is InChI=1S/C24H15N3/c25-15-18-12-11-17(19-6-5-13-26-16-19)14-24(18)27-22-9-3-1-7-20(22)21-8-2-4-10-23(21)27/h1-14,16H. The molecule has 0 saturated heterocycles. The van der Waals surface area contributed by atoms with Crippen LogP contribution in [0.5, 0.6) is 0 Å². The molecule has 0 saturated carbocycles. The largest absolute Gasteiger partial charge is 0.308 e. The summed E-state index contributed by atoms with van der Waals surface area (Å²) in [5, 5.41) is 12.1. The van der Waals surface area contributed by atoms with Crippen molar-refractivity contribution in [3.05, 3.63) is 96.8 Å². The van der Waals surface area contributed by atoms with Crippen LogP contribution < -0.4 is 0 Å². The summed E-state index contributed by atoms with van der Waals surface area (Å²) in [6, 6.07) is 28.9. The number of fused-ring (bicyclic) bond motifs is 3. The number of nitrogens with zero attached hydrogens (tertiary/aromatic N) is 3. The molecule has 2 aromatic heterocycles. The fraction of sp³-hybridized carbons (Fsp3) is 0. The Kier molecular flexibility index (Phi) is 3.48. The Morgan fingerprint density at radius 1 is 0.741 bits per heavy atom. The summed E-state index contributed by atoms with van der Waals surface area (Å²) < 4.78 is 2.18. The first-order valence-electron chi connectivity index (χ1n) is 8.80. The normalized spacial score (nSPS) is 10.9. The molecular weight excluding hydrogens is 330 g/mol. The lowest BCUT2D eigenvalue weighted by Gasteiger charge is -2.12. The molecule has 0 radical (unpaired) electrons. The summed E-state index contributed by atoms with van der Waals surface area (Å²) in [5.74, 6) is 0. The monoisotopic (exact) mass is 345 g/mol. The van der Waals surface area contributed by atoms with E-state index in [4.69, 9.17) is 0 Å². The molecule has 0 amide bonds. The quantitative estimate of drug-likeness (QED) is 0.411. The van der Waals surface area contributed by atoms with Crippen molar-refractivity contribution >= 4 is 21.8 Å². The average molecular weight is 345 g/mol. The number of nitriles is 1. The predicted octanol–water partition coefficient (Wildman–Crippen LogP) is 5.72. The predicted molar refractivity (Wildman–Crippen MR) is 109 cm³/mol. The zero-order chi connectivity index (χ0) is 18.2. The zero-order valence-corrected chi connectivity index (χ0v) is 14.5. The molecule has 0 aliphatic heterocycles. The molecule has 5 aromatic rings. The van der Waals surface area contributed by atoms with Gasteiger partial charge in [0.15, 0.2) is 0 Å². The van der Waals surface area contributed by atoms with Gasteiger partial charge in [-0.2, -0.15) is 5.26 Å². The molecule has 3 heteroatoms. The molecule has 3 nitrogen and oxygen atoms in total. The molecule has 0 spiro atoms. The minimum absolute atomic E-state index is 0.647. The van der Waals surface area contributed by atoms with Crippen molar-refractivity contribution in [3.8, 4) is 22.9 Å². The SMILES string of the molecule is N#Cc1ccc(-c2cccnc2)cc1-n1c2ccccc2c2ccccc21. The zero-order valence-electron chi connectivity index (χ0n) is 14.5. The van der Waals surface area contributed by atoms with Gasteiger partial charge in [0.05, 0.1) is 22.3 Å². The van der Waals surface area contributed by atoms with Crippen molar-refractivity contribution < 1.29 is 0 Å². The fourth-order valence-electron chi connectivity index (χ4n) is 3.71. The third-order valence-corrected chi connectivity index (χ3v) is 4.93. The lowest BCUT2D eigenvalue weighted by molar-refractivity contribution is 1.17. The van der Waals surface area contributed by atoms with Crippen molar-refractivity contribution in [1.82, 2.24) is 9.55 Å². The van der Waals surface area contributed by atoms with E-state index in [2.05, 4.69) is 58.1 Å². The van der Waals surface area contributed by atoms with Crippen LogP contribution in [0.25, 0.3) is 38.6 Å². The number of benzene rings is 3. The van der Waals surface area contributed by atoms with Crippen LogP contribution in [0.3, 0.4) is 0 Å². The van der Waals surface area contributed by atoms with Gasteiger partial charge in [0.1, 0.15) is 6.07 Å². The summed E-state index contributed by atoms with van der Waals surface area (Å²) in [6.45, 7) is 0. The van der Waals surface area contributed by atoms with Gasteiger partial charge in [-0.25, -0.2) is 0 Å². The van der Waals surface area contributed by atoms with E-state index in [9.17, 15) is 5.26 Å². The Labute approximate surface area is 156 Å². The van der Waals surface area contributed by atoms with Crippen LogP contribution in [0, 0.1) is 11.3 Å². The fourth-order valence-corrected chi connectivity index (χ4v) is 3.71. The molecule has 0 fully saturated rings. The second-order valence-corrected chi connectivity index (χ2v) is 6.46. The van der Waals surface area contributed by atoms with Gasteiger partial charge < -0.3 is 4.57 Å². The van der Waals surface area contributed by atoms with Crippen molar-refractivity contribution in [1.29, 1.82) is 5.26 Å². The first-order chi connectivity index (χ1) is 13.4. The maximum Gasteiger partial charge on any atom is 0.101 e. The van der Waals surface area contributed by atoms with E-state index in [0.29, 0.717) is 5.56 Å². The number of hydrogen-bond donors (Lipinski definition) is 0. The van der Waals surface area contributed by atoms with Gasteiger partial charge in [-0.15, -0.1) is 0 Å². The minimum atomic E-state index is 0.647. The van der Waals surface area contributed by atoms with Gasteiger partial charge in [0.25, 0.3) is 0 Å². The third kappa shape index (κ3) is 2.39. The summed E-state index contributed by atoms with van der Waals surface area (Å²) in [7, 11) is 0. The highest BCUT2D eigenvalue weighted by atomic mass is 15.0. The highest BCUT2D eigenvalue weighted by Crippen LogP contribution is 2.34. The number of rotatable bonds is 2. The van der Waals surface area contributed by atoms with Crippen LogP contribution >= 0.6 is 0 Å². The van der Waals surface area contributed by atoms with Gasteiger partial charge in [0.2, 0.25) is 0 Å². The van der Waals surface area contributed by atoms with E-state index in [0.717, 1.165) is 27.8 Å². The molecular formula is C24H15N3. The summed E-state index contributed by atoms with van der Waals surface area (Å²) in [5.41, 5.74) is 5.80. The molecule has 27 heavy (non-hydrogen) atoms. The van der Waals surface area contributed by atoms with Crippen LogP contribution in [0.2, 0.25) is 0 Å². The molecule has 3 aromatic carbocycles. The molecule has 5 rings (SSSR count). The van der Waals surface area contributed by atoms with E-state index in [1.807, 2.05) is 42.6 Å². The van der Waals surface area contributed by atoms with E-state index >= 15 is 0 Å². The van der Waals surface area contributed by atoms with Crippen LogP contribution in [0.15, 0.2) is 91.3 Å². The lowest BCUT2D eigenvalue weighted by Crippen LogP contribution is -1.98. The topological polar surface area (TPSA) is 41.6 Å². The van der Waals surface area contributed by atoms with E-state index in [1.165, 1.54) is 10.8 Å². The molecule has 0 aliphatic rings. The summed E-state index contributed by atoms with van der Waals surface area (Å²) in [4.78, 5) is 4.22. The molecule has 0 bridgehead atoms. The molecule has 2 heterocycles. The Balaban J connectivity index is 1.88. The van der Waals surface area contributed by atoms with E-state index in [1.54, 1.807) is 6.20 Å². The van der Waals surface area contributed by atoms with Crippen molar-refractivity contribution in [2.75, 3.05) is 0 Å². The molecule has 0 atom stereocenters. The molecule has 0 N–H and O–H groups in total. The Hall–Kier alpha value is -3.90. The average Bonchev–Trinajstić information content (AvgIpc) is 3.08. The van der Waals surface area contributed by atoms with Crippen LogP contribution in [-0.4, -0.2) is 9.55 Å². The maximum atomic E-state index is 9.75. The number of pyridine rings is 1. The van der Waals surface area contributed by atoms with Crippen molar-refractivity contribution in [2.24, 2.45) is 0 Å². The lowest BCUT2D eigenvalue weighted by atomic mass is 10.0. The second-order valence-electron chi connectivity index (χ2n) is 6.46. The van der Waals surface area contributed by atoms with Gasteiger partial charge in [0, 0.05) is 28.7 Å². The van der Waals surface area contributed by atoms with Crippen LogP contribution in [0.4, 0.5) is 0 Å². The first-order valence-corrected chi connectivity index (χ1v) is 8.80. The van der Waals surface area contributed by atoms with Gasteiger partial charge >= 0.3 is 0 Å². The maximum absolute atomic E-state index is 9.75. The first kappa shape index (κ1) is 15.4. The van der Waals surface area contributed by atoms with E-state index in [-0.39, 0.29) is 0 Å². The molecule has 0 aliphatic carbocycles. The Morgan fingerprint density at radius 3 is 2.07 bits per heavy atom. The van der Waals surface area contributed by atoms with Crippen LogP contribution in [-0.2, 0) is 0 Å². The van der Waals surface area contributed by atoms with Crippen molar-refractivity contribution in [2.45, 2.75) is 0 Å². The number of hydrogen-bond acceptors (Lipinski definition) is 2. The Morgan fingerprint density at radius 2 is 1.44 bits per heavy atom. The smallest absolute Gasteiger partial charge is 0.101 e. The minimum Gasteiger partial charge on any atom is -0.308 e. The van der Waals surface area contributed by atoms with Gasteiger partial charge in [-0.3, -0.25) is 4.98 Å². The Bertz CT molecular complexity index is 1270. The third-order valence-electron chi connectivity index (χ3n) is 4.93. The second kappa shape index (κ2) is 6.12. The number of para-hydroxylation sites is 2. The van der Waals surface area contributed by atoms with Gasteiger partial charge in [-0.1, -0.05) is 48.5 Å². The number of aromatic nitrogens is 2. The molecule has 0 unspecified atom stereocenters. The van der Waals surface area contributed by atoms with E-state index < -0.39 is 0 Å². The summed E-state index contributed by atoms with van der Waals surface area (Å²) in [6.07, 6.45) is 3.61. The van der Waals surface area contributed by atoms with Crippen molar-refractivity contribution in [3.63, 3.8) is 0 Å². The summed E-state index contributed by atoms with van der Waals surface area (Å²) >= 11 is 0. The molecule has 126 valence electrons. The highest BCUT2D eigenvalue weighted by Gasteiger charge is 2.15. The van der Waals surface area contributed by atoms with Gasteiger partial charge in [-0.05, 0) is 35.9 Å². The van der Waals surface area contributed by atoms with Crippen LogP contribution in [0.1, 0.15) is 5.56 Å².